The number of nitrogens with two attached hydrogens (primary N) is 1. The van der Waals surface area contributed by atoms with E-state index in [2.05, 4.69) is 4.98 Å². The molecule has 7 nitrogen and oxygen atoms in total. The molecule has 1 unspecified atom stereocenters. The highest BCUT2D eigenvalue weighted by Gasteiger charge is 2.39. The fourth-order valence-corrected chi connectivity index (χ4v) is 4.29. The summed E-state index contributed by atoms with van der Waals surface area (Å²) < 4.78 is 22.7. The first-order valence-corrected chi connectivity index (χ1v) is 8.64. The van der Waals surface area contributed by atoms with E-state index < -0.39 is 15.3 Å². The minimum Gasteiger partial charge on any atom is -0.293 e. The molecule has 2 heterocycles. The SMILES string of the molecule is NS(=O)(=O)C1CC(=O)N(c2nc3c(s2)C(=O)CCC3)C1. The zero-order valence-corrected chi connectivity index (χ0v) is 12.2. The lowest BCUT2D eigenvalue weighted by Crippen LogP contribution is -2.32. The van der Waals surface area contributed by atoms with Gasteiger partial charge in [0.1, 0.15) is 5.25 Å². The van der Waals surface area contributed by atoms with E-state index in [-0.39, 0.29) is 24.7 Å². The van der Waals surface area contributed by atoms with Crippen molar-refractivity contribution in [2.24, 2.45) is 5.14 Å². The number of rotatable bonds is 2. The zero-order chi connectivity index (χ0) is 14.5. The first kappa shape index (κ1) is 13.7. The molecule has 0 saturated carbocycles. The standard InChI is InChI=1S/C11H13N3O4S2/c12-20(17,18)6-4-9(16)14(5-6)11-13-7-2-1-3-8(15)10(7)19-11/h6H,1-5H2,(H2,12,17,18). The number of aromatic nitrogens is 1. The molecule has 0 radical (unpaired) electrons. The molecule has 0 bridgehead atoms. The molecular formula is C11H13N3O4S2. The summed E-state index contributed by atoms with van der Waals surface area (Å²) >= 11 is 1.17. The van der Waals surface area contributed by atoms with Gasteiger partial charge in [-0.25, -0.2) is 18.5 Å². The lowest BCUT2D eigenvalue weighted by atomic mass is 10.0. The van der Waals surface area contributed by atoms with E-state index in [9.17, 15) is 18.0 Å². The second-order valence-corrected chi connectivity index (χ2v) is 7.79. The van der Waals surface area contributed by atoms with Gasteiger partial charge >= 0.3 is 0 Å². The van der Waals surface area contributed by atoms with Gasteiger partial charge < -0.3 is 0 Å². The van der Waals surface area contributed by atoms with Crippen LogP contribution in [0.4, 0.5) is 5.13 Å². The van der Waals surface area contributed by atoms with E-state index in [4.69, 9.17) is 5.14 Å². The predicted octanol–water partition coefficient (Wildman–Crippen LogP) is 0.0559. The smallest absolute Gasteiger partial charge is 0.230 e. The summed E-state index contributed by atoms with van der Waals surface area (Å²) in [4.78, 5) is 29.9. The van der Waals surface area contributed by atoms with Crippen LogP contribution in [0.3, 0.4) is 0 Å². The number of carbonyl (C=O) groups is 2. The van der Waals surface area contributed by atoms with E-state index >= 15 is 0 Å². The fourth-order valence-electron chi connectivity index (χ4n) is 2.45. The number of ketones is 1. The summed E-state index contributed by atoms with van der Waals surface area (Å²) in [5, 5.41) is 4.59. The second kappa shape index (κ2) is 4.61. The Hall–Kier alpha value is -1.32. The Balaban J connectivity index is 1.91. The van der Waals surface area contributed by atoms with Crippen LogP contribution in [-0.4, -0.2) is 36.9 Å². The monoisotopic (exact) mass is 315 g/mol. The average Bonchev–Trinajstić information content (AvgIpc) is 2.92. The molecular weight excluding hydrogens is 302 g/mol. The molecule has 0 spiro atoms. The Kier molecular flexibility index (Phi) is 3.14. The van der Waals surface area contributed by atoms with Gasteiger partial charge in [-0.05, 0) is 12.8 Å². The number of primary sulfonamides is 1. The highest BCUT2D eigenvalue weighted by atomic mass is 32.2. The number of Topliss-reactive ketones (excluding diaryl/α,β-unsaturated/α-hetero) is 1. The summed E-state index contributed by atoms with van der Waals surface area (Å²) in [6.45, 7) is 0.0122. The molecule has 0 aromatic carbocycles. The molecule has 9 heteroatoms. The number of hydrogen-bond donors (Lipinski definition) is 1. The van der Waals surface area contributed by atoms with Crippen molar-refractivity contribution in [2.45, 2.75) is 30.9 Å². The summed E-state index contributed by atoms with van der Waals surface area (Å²) in [5.74, 6) is -0.271. The molecule has 108 valence electrons. The van der Waals surface area contributed by atoms with Crippen LogP contribution in [0.25, 0.3) is 0 Å². The molecule has 1 aliphatic heterocycles. The number of thiazole rings is 1. The van der Waals surface area contributed by atoms with Crippen LogP contribution in [0.2, 0.25) is 0 Å². The maximum absolute atomic E-state index is 11.9. The molecule has 1 aromatic heterocycles. The fraction of sp³-hybridized carbons (Fsp3) is 0.545. The van der Waals surface area contributed by atoms with Gasteiger partial charge in [-0.3, -0.25) is 14.5 Å². The topological polar surface area (TPSA) is 110 Å². The Morgan fingerprint density at radius 3 is 2.65 bits per heavy atom. The number of hydrogen-bond acceptors (Lipinski definition) is 6. The van der Waals surface area contributed by atoms with Gasteiger partial charge in [-0.1, -0.05) is 11.3 Å². The minimum absolute atomic E-state index is 0.0122. The molecule has 1 aliphatic carbocycles. The highest BCUT2D eigenvalue weighted by Crippen LogP contribution is 2.34. The third-order valence-corrected chi connectivity index (χ3v) is 5.95. The predicted molar refractivity (Wildman–Crippen MR) is 73.2 cm³/mol. The molecule has 1 fully saturated rings. The minimum atomic E-state index is -3.74. The molecule has 1 atom stereocenters. The number of aryl methyl sites for hydroxylation is 1. The van der Waals surface area contributed by atoms with Crippen LogP contribution in [0, 0.1) is 0 Å². The van der Waals surface area contributed by atoms with E-state index in [1.54, 1.807) is 0 Å². The summed E-state index contributed by atoms with van der Waals surface area (Å²) in [5.41, 5.74) is 0.716. The Morgan fingerprint density at radius 2 is 2.05 bits per heavy atom. The van der Waals surface area contributed by atoms with Gasteiger partial charge in [0.25, 0.3) is 0 Å². The molecule has 1 aromatic rings. The summed E-state index contributed by atoms with van der Waals surface area (Å²) in [6, 6.07) is 0. The summed E-state index contributed by atoms with van der Waals surface area (Å²) in [7, 11) is -3.74. The van der Waals surface area contributed by atoms with Crippen molar-refractivity contribution in [1.82, 2.24) is 4.98 Å². The molecule has 2 aliphatic rings. The highest BCUT2D eigenvalue weighted by molar-refractivity contribution is 7.89. The quantitative estimate of drug-likeness (QED) is 0.829. The number of amides is 1. The molecule has 2 N–H and O–H groups in total. The van der Waals surface area contributed by atoms with Gasteiger partial charge in [0.2, 0.25) is 15.9 Å². The van der Waals surface area contributed by atoms with Crippen LogP contribution in [-0.2, 0) is 21.2 Å². The zero-order valence-electron chi connectivity index (χ0n) is 10.5. The maximum Gasteiger partial charge on any atom is 0.230 e. The van der Waals surface area contributed by atoms with Gasteiger partial charge in [0, 0.05) is 19.4 Å². The number of nitrogens with zero attached hydrogens (tertiary/aromatic N) is 2. The normalized spacial score (nSPS) is 23.2. The van der Waals surface area contributed by atoms with Crippen LogP contribution in [0.15, 0.2) is 0 Å². The lowest BCUT2D eigenvalue weighted by molar-refractivity contribution is -0.117. The van der Waals surface area contributed by atoms with E-state index in [0.717, 1.165) is 12.8 Å². The van der Waals surface area contributed by atoms with Gasteiger partial charge in [0.05, 0.1) is 10.6 Å². The molecule has 1 saturated heterocycles. The lowest BCUT2D eigenvalue weighted by Gasteiger charge is -2.11. The second-order valence-electron chi connectivity index (χ2n) is 4.97. The van der Waals surface area contributed by atoms with E-state index in [1.165, 1.54) is 16.2 Å². The molecule has 3 rings (SSSR count). The van der Waals surface area contributed by atoms with Crippen LogP contribution >= 0.6 is 11.3 Å². The van der Waals surface area contributed by atoms with E-state index in [1.807, 2.05) is 0 Å². The van der Waals surface area contributed by atoms with Crippen molar-refractivity contribution in [3.8, 4) is 0 Å². The number of fused-ring (bicyclic) bond motifs is 1. The maximum atomic E-state index is 11.9. The molecule has 1 amide bonds. The van der Waals surface area contributed by atoms with Crippen LogP contribution in [0.5, 0.6) is 0 Å². The number of anilines is 1. The Bertz CT molecular complexity index is 695. The Labute approximate surface area is 119 Å². The largest absolute Gasteiger partial charge is 0.293 e. The number of carbonyl (C=O) groups excluding carboxylic acids is 2. The third kappa shape index (κ3) is 2.25. The van der Waals surface area contributed by atoms with Gasteiger partial charge in [-0.2, -0.15) is 0 Å². The van der Waals surface area contributed by atoms with Gasteiger partial charge in [0.15, 0.2) is 10.9 Å². The van der Waals surface area contributed by atoms with E-state index in [0.29, 0.717) is 22.1 Å². The average molecular weight is 315 g/mol. The van der Waals surface area contributed by atoms with Crippen LogP contribution < -0.4 is 10.0 Å². The van der Waals surface area contributed by atoms with Crippen molar-refractivity contribution in [3.05, 3.63) is 10.6 Å². The first-order chi connectivity index (χ1) is 9.36. The molecule has 20 heavy (non-hydrogen) atoms. The Morgan fingerprint density at radius 1 is 1.30 bits per heavy atom. The number of sulfonamides is 1. The first-order valence-electron chi connectivity index (χ1n) is 6.21. The van der Waals surface area contributed by atoms with Crippen molar-refractivity contribution in [3.63, 3.8) is 0 Å². The summed E-state index contributed by atoms with van der Waals surface area (Å²) in [6.07, 6.45) is 1.86. The van der Waals surface area contributed by atoms with Crippen LogP contribution in [0.1, 0.15) is 34.6 Å². The van der Waals surface area contributed by atoms with Crippen molar-refractivity contribution >= 4 is 38.2 Å². The van der Waals surface area contributed by atoms with Crippen molar-refractivity contribution in [2.75, 3.05) is 11.4 Å². The van der Waals surface area contributed by atoms with Crippen molar-refractivity contribution < 1.29 is 18.0 Å². The third-order valence-electron chi connectivity index (χ3n) is 3.54. The van der Waals surface area contributed by atoms with Crippen molar-refractivity contribution in [1.29, 1.82) is 0 Å². The van der Waals surface area contributed by atoms with Gasteiger partial charge in [-0.15, -0.1) is 0 Å².